The van der Waals surface area contributed by atoms with Gasteiger partial charge in [0.1, 0.15) is 5.69 Å². The molecule has 7 nitrogen and oxygen atoms in total. The van der Waals surface area contributed by atoms with Gasteiger partial charge in [0.05, 0.1) is 11.9 Å². The highest BCUT2D eigenvalue weighted by Crippen LogP contribution is 2.24. The van der Waals surface area contributed by atoms with Crippen LogP contribution in [-0.4, -0.2) is 27.8 Å². The van der Waals surface area contributed by atoms with E-state index < -0.39 is 11.8 Å². The molecular formula is C20H19N5O2. The number of rotatable bonds is 4. The molecule has 0 saturated carbocycles. The molecule has 7 heteroatoms. The van der Waals surface area contributed by atoms with Crippen molar-refractivity contribution in [3.63, 3.8) is 0 Å². The molecule has 27 heavy (non-hydrogen) atoms. The number of amides is 2. The number of aromatic nitrogens is 2. The molecule has 3 aromatic rings. The lowest BCUT2D eigenvalue weighted by molar-refractivity contribution is -0.137. The maximum Gasteiger partial charge on any atom is 0.329 e. The summed E-state index contributed by atoms with van der Waals surface area (Å²) in [4.78, 5) is 22.1. The molecule has 0 spiro atoms. The van der Waals surface area contributed by atoms with E-state index in [1.54, 1.807) is 10.9 Å². The number of carbonyl (C=O) groups is 2. The van der Waals surface area contributed by atoms with Gasteiger partial charge in [0, 0.05) is 17.3 Å². The van der Waals surface area contributed by atoms with Crippen molar-refractivity contribution in [3.8, 4) is 16.9 Å². The van der Waals surface area contributed by atoms with Crippen LogP contribution in [0.5, 0.6) is 0 Å². The first-order valence-electron chi connectivity index (χ1n) is 8.31. The lowest BCUT2D eigenvalue weighted by Gasteiger charge is -2.04. The minimum atomic E-state index is -1.10. The van der Waals surface area contributed by atoms with Crippen molar-refractivity contribution in [3.05, 3.63) is 71.4 Å². The van der Waals surface area contributed by atoms with Crippen LogP contribution >= 0.6 is 0 Å². The fourth-order valence-corrected chi connectivity index (χ4v) is 2.52. The van der Waals surface area contributed by atoms with Crippen molar-refractivity contribution in [2.75, 3.05) is 0 Å². The van der Waals surface area contributed by atoms with Crippen molar-refractivity contribution in [1.82, 2.24) is 15.2 Å². The van der Waals surface area contributed by atoms with E-state index in [9.17, 15) is 9.59 Å². The smallest absolute Gasteiger partial charge is 0.329 e. The zero-order valence-electron chi connectivity index (χ0n) is 15.0. The van der Waals surface area contributed by atoms with Crippen LogP contribution in [0.3, 0.4) is 0 Å². The van der Waals surface area contributed by atoms with Gasteiger partial charge in [-0.3, -0.25) is 9.59 Å². The largest absolute Gasteiger partial charge is 0.361 e. The Morgan fingerprint density at radius 3 is 2.52 bits per heavy atom. The zero-order chi connectivity index (χ0) is 19.4. The van der Waals surface area contributed by atoms with Gasteiger partial charge < -0.3 is 5.73 Å². The molecule has 0 radical (unpaired) electrons. The van der Waals surface area contributed by atoms with E-state index >= 15 is 0 Å². The molecule has 1 aromatic heterocycles. The Hall–Kier alpha value is -3.74. The molecule has 0 aliphatic rings. The molecular weight excluding hydrogens is 342 g/mol. The van der Waals surface area contributed by atoms with E-state index in [0.29, 0.717) is 11.3 Å². The van der Waals surface area contributed by atoms with Crippen molar-refractivity contribution in [2.24, 2.45) is 10.8 Å². The third-order valence-corrected chi connectivity index (χ3v) is 4.14. The topological polar surface area (TPSA) is 102 Å². The Morgan fingerprint density at radius 1 is 1.11 bits per heavy atom. The lowest BCUT2D eigenvalue weighted by atomic mass is 10.0. The molecule has 0 bridgehead atoms. The maximum absolute atomic E-state index is 11.3. The van der Waals surface area contributed by atoms with Crippen LogP contribution in [0.15, 0.2) is 59.8 Å². The first kappa shape index (κ1) is 18.1. The molecule has 0 fully saturated rings. The Kier molecular flexibility index (Phi) is 5.12. The third-order valence-electron chi connectivity index (χ3n) is 4.14. The fraction of sp³-hybridized carbons (Fsp3) is 0.100. The van der Waals surface area contributed by atoms with Gasteiger partial charge in [0.25, 0.3) is 0 Å². The molecule has 1 heterocycles. The number of hydrogen-bond donors (Lipinski definition) is 2. The molecule has 3 N–H and O–H groups in total. The minimum absolute atomic E-state index is 0.687. The Labute approximate surface area is 156 Å². The number of hydrogen-bond acceptors (Lipinski definition) is 4. The number of nitrogens with two attached hydrogens (primary N) is 1. The van der Waals surface area contributed by atoms with Gasteiger partial charge in [-0.2, -0.15) is 10.2 Å². The number of nitrogens with zero attached hydrogens (tertiary/aromatic N) is 3. The quantitative estimate of drug-likeness (QED) is 0.422. The van der Waals surface area contributed by atoms with Crippen molar-refractivity contribution in [2.45, 2.75) is 13.8 Å². The molecule has 2 amide bonds. The summed E-state index contributed by atoms with van der Waals surface area (Å²) in [5.74, 6) is -2.07. The van der Waals surface area contributed by atoms with E-state index in [2.05, 4.69) is 15.6 Å². The van der Waals surface area contributed by atoms with Crippen molar-refractivity contribution < 1.29 is 9.59 Å². The number of primary amides is 1. The van der Waals surface area contributed by atoms with E-state index in [4.69, 9.17) is 5.73 Å². The number of benzene rings is 2. The van der Waals surface area contributed by atoms with Crippen molar-refractivity contribution >= 4 is 18.0 Å². The molecule has 0 aliphatic carbocycles. The number of nitrogens with one attached hydrogen (secondary N) is 1. The van der Waals surface area contributed by atoms with Gasteiger partial charge in [-0.1, -0.05) is 30.3 Å². The van der Waals surface area contributed by atoms with E-state index in [-0.39, 0.29) is 0 Å². The van der Waals surface area contributed by atoms with Gasteiger partial charge >= 0.3 is 11.8 Å². The van der Waals surface area contributed by atoms with Crippen LogP contribution in [0.2, 0.25) is 0 Å². The summed E-state index contributed by atoms with van der Waals surface area (Å²) in [5.41, 5.74) is 12.5. The Balaban J connectivity index is 2.02. The molecule has 0 saturated heterocycles. The first-order chi connectivity index (χ1) is 13.0. The highest BCUT2D eigenvalue weighted by atomic mass is 16.2. The predicted molar refractivity (Wildman–Crippen MR) is 103 cm³/mol. The molecule has 0 unspecified atom stereocenters. The summed E-state index contributed by atoms with van der Waals surface area (Å²) in [7, 11) is 0. The fourth-order valence-electron chi connectivity index (χ4n) is 2.52. The second-order valence-electron chi connectivity index (χ2n) is 6.08. The lowest BCUT2D eigenvalue weighted by Crippen LogP contribution is -2.32. The average molecular weight is 361 g/mol. The molecule has 2 aromatic carbocycles. The highest BCUT2D eigenvalue weighted by Gasteiger charge is 2.12. The van der Waals surface area contributed by atoms with Gasteiger partial charge in [0.15, 0.2) is 0 Å². The van der Waals surface area contributed by atoms with Crippen LogP contribution in [0.25, 0.3) is 16.9 Å². The number of carbonyl (C=O) groups excluding carboxylic acids is 2. The summed E-state index contributed by atoms with van der Waals surface area (Å²) in [5, 5.41) is 8.49. The summed E-state index contributed by atoms with van der Waals surface area (Å²) in [6, 6.07) is 15.7. The Morgan fingerprint density at radius 2 is 1.85 bits per heavy atom. The van der Waals surface area contributed by atoms with E-state index in [1.165, 1.54) is 11.8 Å². The minimum Gasteiger partial charge on any atom is -0.361 e. The summed E-state index contributed by atoms with van der Waals surface area (Å²) in [6.07, 6.45) is 3.25. The highest BCUT2D eigenvalue weighted by molar-refractivity contribution is 6.34. The van der Waals surface area contributed by atoms with Crippen LogP contribution < -0.4 is 11.2 Å². The standard InChI is InChI=1S/C20H19N5O2/c1-13-8-9-15(10-14(13)2)18-16(11-22-23-20(27)19(21)26)12-25(24-18)17-6-4-3-5-7-17/h3-12H,1-2H3,(H2,21,26)(H,23,27)/b22-11-. The second kappa shape index (κ2) is 7.65. The normalized spacial score (nSPS) is 10.9. The van der Waals surface area contributed by atoms with E-state index in [0.717, 1.165) is 16.8 Å². The van der Waals surface area contributed by atoms with Crippen LogP contribution in [-0.2, 0) is 9.59 Å². The Bertz CT molecular complexity index is 1020. The molecule has 0 atom stereocenters. The SMILES string of the molecule is Cc1ccc(-c2nn(-c3ccccc3)cc2/C=N\NC(=O)C(N)=O)cc1C. The zero-order valence-corrected chi connectivity index (χ0v) is 15.0. The summed E-state index contributed by atoms with van der Waals surface area (Å²) < 4.78 is 1.74. The molecule has 3 rings (SSSR count). The number of aryl methyl sites for hydroxylation is 2. The van der Waals surface area contributed by atoms with Crippen LogP contribution in [0.4, 0.5) is 0 Å². The second-order valence-corrected chi connectivity index (χ2v) is 6.08. The molecule has 0 aliphatic heterocycles. The van der Waals surface area contributed by atoms with Crippen LogP contribution in [0, 0.1) is 13.8 Å². The van der Waals surface area contributed by atoms with Crippen molar-refractivity contribution in [1.29, 1.82) is 0 Å². The molecule has 136 valence electrons. The summed E-state index contributed by atoms with van der Waals surface area (Å²) >= 11 is 0. The predicted octanol–water partition coefficient (Wildman–Crippen LogP) is 2.09. The van der Waals surface area contributed by atoms with Gasteiger partial charge in [0.2, 0.25) is 0 Å². The first-order valence-corrected chi connectivity index (χ1v) is 8.31. The van der Waals surface area contributed by atoms with Gasteiger partial charge in [-0.15, -0.1) is 0 Å². The maximum atomic E-state index is 11.3. The van der Waals surface area contributed by atoms with Gasteiger partial charge in [-0.05, 0) is 43.2 Å². The third kappa shape index (κ3) is 4.09. The number of hydrazone groups is 1. The average Bonchev–Trinajstić information content (AvgIpc) is 3.08. The number of para-hydroxylation sites is 1. The van der Waals surface area contributed by atoms with Crippen LogP contribution in [0.1, 0.15) is 16.7 Å². The van der Waals surface area contributed by atoms with E-state index in [1.807, 2.05) is 62.4 Å². The monoisotopic (exact) mass is 361 g/mol. The summed E-state index contributed by atoms with van der Waals surface area (Å²) in [6.45, 7) is 4.08. The van der Waals surface area contributed by atoms with Gasteiger partial charge in [-0.25, -0.2) is 10.1 Å².